The van der Waals surface area contributed by atoms with Crippen molar-refractivity contribution in [3.63, 3.8) is 0 Å². The Morgan fingerprint density at radius 1 is 1.19 bits per heavy atom. The van der Waals surface area contributed by atoms with Crippen LogP contribution >= 0.6 is 0 Å². The zero-order valence-corrected chi connectivity index (χ0v) is 12.9. The highest BCUT2D eigenvalue weighted by Gasteiger charge is 2.14. The van der Waals surface area contributed by atoms with Crippen LogP contribution in [0, 0.1) is 12.7 Å². The molecule has 0 aliphatic rings. The van der Waals surface area contributed by atoms with Crippen molar-refractivity contribution in [2.75, 3.05) is 17.7 Å². The van der Waals surface area contributed by atoms with E-state index in [-0.39, 0.29) is 11.7 Å². The third-order valence-electron chi connectivity index (χ3n) is 3.39. The molecule has 2 rings (SSSR count). The van der Waals surface area contributed by atoms with E-state index in [1.807, 2.05) is 32.7 Å². The second-order valence-electron chi connectivity index (χ2n) is 5.55. The third-order valence-corrected chi connectivity index (χ3v) is 3.39. The first-order chi connectivity index (χ1) is 9.88. The Balaban J connectivity index is 2.29. The van der Waals surface area contributed by atoms with Crippen molar-refractivity contribution in [1.29, 1.82) is 0 Å². The van der Waals surface area contributed by atoms with Gasteiger partial charge in [0.2, 0.25) is 0 Å². The Morgan fingerprint density at radius 2 is 1.81 bits per heavy atom. The molecule has 4 nitrogen and oxygen atoms in total. The summed E-state index contributed by atoms with van der Waals surface area (Å²) in [4.78, 5) is 10.9. The Morgan fingerprint density at radius 3 is 2.38 bits per heavy atom. The summed E-state index contributed by atoms with van der Waals surface area (Å²) >= 11 is 0. The highest BCUT2D eigenvalue weighted by atomic mass is 19.1. The van der Waals surface area contributed by atoms with Crippen molar-refractivity contribution in [3.8, 4) is 0 Å². The molecule has 0 radical (unpaired) electrons. The first kappa shape index (κ1) is 15.2. The maximum atomic E-state index is 13.0. The fourth-order valence-corrected chi connectivity index (χ4v) is 2.11. The fraction of sp³-hybridized carbons (Fsp3) is 0.375. The van der Waals surface area contributed by atoms with Crippen molar-refractivity contribution < 1.29 is 4.39 Å². The van der Waals surface area contributed by atoms with E-state index in [1.54, 1.807) is 12.1 Å². The Bertz CT molecular complexity index is 623. The molecule has 0 aliphatic heterocycles. The van der Waals surface area contributed by atoms with Gasteiger partial charge in [0.15, 0.2) is 0 Å². The molecule has 1 aromatic heterocycles. The normalized spacial score (nSPS) is 11.0. The molecule has 0 atom stereocenters. The summed E-state index contributed by atoms with van der Waals surface area (Å²) < 4.78 is 13.0. The van der Waals surface area contributed by atoms with Gasteiger partial charge in [-0.2, -0.15) is 0 Å². The maximum absolute atomic E-state index is 13.0. The van der Waals surface area contributed by atoms with E-state index in [9.17, 15) is 4.39 Å². The molecular weight excluding hydrogens is 267 g/mol. The molecule has 5 heteroatoms. The minimum atomic E-state index is -0.231. The lowest BCUT2D eigenvalue weighted by atomic mass is 10.1. The molecule has 112 valence electrons. The maximum Gasteiger partial charge on any atom is 0.137 e. The SMILES string of the molecule is Cc1c(N)nc(C(C)C)nc1N(C)Cc1ccc(F)cc1. The van der Waals surface area contributed by atoms with Crippen LogP contribution in [0.2, 0.25) is 0 Å². The lowest BCUT2D eigenvalue weighted by Gasteiger charge is -2.22. The van der Waals surface area contributed by atoms with E-state index in [0.29, 0.717) is 12.4 Å². The summed E-state index contributed by atoms with van der Waals surface area (Å²) in [5, 5.41) is 0. The zero-order chi connectivity index (χ0) is 15.6. The minimum Gasteiger partial charge on any atom is -0.383 e. The van der Waals surface area contributed by atoms with Crippen molar-refractivity contribution >= 4 is 11.6 Å². The number of rotatable bonds is 4. The van der Waals surface area contributed by atoms with Crippen LogP contribution in [0.3, 0.4) is 0 Å². The van der Waals surface area contributed by atoms with Gasteiger partial charge in [0.25, 0.3) is 0 Å². The molecule has 1 aromatic carbocycles. The Kier molecular flexibility index (Phi) is 4.40. The van der Waals surface area contributed by atoms with Crippen molar-refractivity contribution in [2.24, 2.45) is 0 Å². The van der Waals surface area contributed by atoms with Gasteiger partial charge in [-0.15, -0.1) is 0 Å². The van der Waals surface area contributed by atoms with Crippen LogP contribution in [0.5, 0.6) is 0 Å². The summed E-state index contributed by atoms with van der Waals surface area (Å²) in [6, 6.07) is 6.47. The summed E-state index contributed by atoms with van der Waals surface area (Å²) in [5.41, 5.74) is 7.86. The van der Waals surface area contributed by atoms with Gasteiger partial charge >= 0.3 is 0 Å². The van der Waals surface area contributed by atoms with Gasteiger partial charge in [-0.3, -0.25) is 0 Å². The van der Waals surface area contributed by atoms with Gasteiger partial charge in [0, 0.05) is 25.1 Å². The van der Waals surface area contributed by atoms with Crippen molar-refractivity contribution in [3.05, 3.63) is 47.0 Å². The van der Waals surface area contributed by atoms with Crippen LogP contribution in [-0.4, -0.2) is 17.0 Å². The van der Waals surface area contributed by atoms with E-state index in [2.05, 4.69) is 9.97 Å². The summed E-state index contributed by atoms with van der Waals surface area (Å²) in [5.74, 6) is 2.04. The molecule has 0 saturated carbocycles. The number of anilines is 2. The summed E-state index contributed by atoms with van der Waals surface area (Å²) in [7, 11) is 1.95. The molecule has 0 unspecified atom stereocenters. The smallest absolute Gasteiger partial charge is 0.137 e. The monoisotopic (exact) mass is 288 g/mol. The first-order valence-electron chi connectivity index (χ1n) is 6.98. The summed E-state index contributed by atoms with van der Waals surface area (Å²) in [6.07, 6.45) is 0. The van der Waals surface area contributed by atoms with Gasteiger partial charge < -0.3 is 10.6 Å². The van der Waals surface area contributed by atoms with Gasteiger partial charge in [-0.1, -0.05) is 26.0 Å². The molecule has 0 bridgehead atoms. The first-order valence-corrected chi connectivity index (χ1v) is 6.98. The fourth-order valence-electron chi connectivity index (χ4n) is 2.11. The van der Waals surface area contributed by atoms with Crippen LogP contribution in [0.4, 0.5) is 16.0 Å². The molecule has 21 heavy (non-hydrogen) atoms. The lowest BCUT2D eigenvalue weighted by molar-refractivity contribution is 0.627. The van der Waals surface area contributed by atoms with Gasteiger partial charge in [0.1, 0.15) is 23.3 Å². The number of nitrogens with zero attached hydrogens (tertiary/aromatic N) is 3. The van der Waals surface area contributed by atoms with Crippen LogP contribution in [-0.2, 0) is 6.54 Å². The topological polar surface area (TPSA) is 55.0 Å². The number of nitrogens with two attached hydrogens (primary N) is 1. The lowest BCUT2D eigenvalue weighted by Crippen LogP contribution is -2.21. The van der Waals surface area contributed by atoms with E-state index < -0.39 is 0 Å². The quantitative estimate of drug-likeness (QED) is 0.938. The molecule has 2 N–H and O–H groups in total. The van der Waals surface area contributed by atoms with Gasteiger partial charge in [-0.25, -0.2) is 14.4 Å². The van der Waals surface area contributed by atoms with Crippen LogP contribution in [0.1, 0.15) is 36.7 Å². The van der Waals surface area contributed by atoms with Gasteiger partial charge in [0.05, 0.1) is 0 Å². The average molecular weight is 288 g/mol. The second-order valence-corrected chi connectivity index (χ2v) is 5.55. The highest BCUT2D eigenvalue weighted by Crippen LogP contribution is 2.24. The van der Waals surface area contributed by atoms with Crippen molar-refractivity contribution in [2.45, 2.75) is 33.2 Å². The van der Waals surface area contributed by atoms with E-state index in [0.717, 1.165) is 22.8 Å². The standard InChI is InChI=1S/C16H21FN4/c1-10(2)15-19-14(18)11(3)16(20-15)21(4)9-12-5-7-13(17)8-6-12/h5-8,10H,9H2,1-4H3,(H2,18,19,20). The predicted molar refractivity (Wildman–Crippen MR) is 83.8 cm³/mol. The number of hydrogen-bond donors (Lipinski definition) is 1. The van der Waals surface area contributed by atoms with E-state index >= 15 is 0 Å². The predicted octanol–water partition coefficient (Wildman–Crippen LogP) is 3.27. The zero-order valence-electron chi connectivity index (χ0n) is 12.9. The van der Waals surface area contributed by atoms with Crippen LogP contribution in [0.15, 0.2) is 24.3 Å². The number of hydrogen-bond acceptors (Lipinski definition) is 4. The van der Waals surface area contributed by atoms with E-state index in [4.69, 9.17) is 5.73 Å². The van der Waals surface area contributed by atoms with Crippen molar-refractivity contribution in [1.82, 2.24) is 9.97 Å². The van der Waals surface area contributed by atoms with Gasteiger partial charge in [-0.05, 0) is 24.6 Å². The third kappa shape index (κ3) is 3.48. The largest absolute Gasteiger partial charge is 0.383 e. The molecule has 0 aliphatic carbocycles. The molecule has 2 aromatic rings. The highest BCUT2D eigenvalue weighted by molar-refractivity contribution is 5.56. The molecule has 0 spiro atoms. The number of halogens is 1. The molecule has 0 saturated heterocycles. The second kappa shape index (κ2) is 6.08. The van der Waals surface area contributed by atoms with Crippen LogP contribution < -0.4 is 10.6 Å². The molecule has 1 heterocycles. The van der Waals surface area contributed by atoms with E-state index in [1.165, 1.54) is 12.1 Å². The Labute approximate surface area is 124 Å². The minimum absolute atomic E-state index is 0.214. The molecule has 0 fully saturated rings. The Hall–Kier alpha value is -2.17. The number of nitrogen functional groups attached to an aromatic ring is 1. The van der Waals surface area contributed by atoms with Crippen LogP contribution in [0.25, 0.3) is 0 Å². The molecule has 0 amide bonds. The average Bonchev–Trinajstić information content (AvgIpc) is 2.43. The molecular formula is C16H21FN4. The summed E-state index contributed by atoms with van der Waals surface area (Å²) in [6.45, 7) is 6.62. The number of benzene rings is 1. The number of aromatic nitrogens is 2.